The van der Waals surface area contributed by atoms with Crippen LogP contribution in [0.4, 0.5) is 0 Å². The average Bonchev–Trinajstić information content (AvgIpc) is 3.04. The third kappa shape index (κ3) is 3.96. The van der Waals surface area contributed by atoms with Gasteiger partial charge in [-0.2, -0.15) is 0 Å². The number of carbonyl (C=O) groups excluding carboxylic acids is 1. The van der Waals surface area contributed by atoms with Gasteiger partial charge in [-0.1, -0.05) is 17.3 Å². The van der Waals surface area contributed by atoms with E-state index in [2.05, 4.69) is 20.4 Å². The van der Waals surface area contributed by atoms with Crippen molar-refractivity contribution in [3.8, 4) is 5.75 Å². The zero-order chi connectivity index (χ0) is 15.1. The van der Waals surface area contributed by atoms with Crippen molar-refractivity contribution in [2.45, 2.75) is 6.54 Å². The molecule has 1 aromatic heterocycles. The summed E-state index contributed by atoms with van der Waals surface area (Å²) in [5, 5.41) is 14.3. The maximum absolute atomic E-state index is 11.7. The number of nitrogens with two attached hydrogens (primary N) is 1. The van der Waals surface area contributed by atoms with Crippen LogP contribution in [0.15, 0.2) is 41.8 Å². The molecule has 8 heteroatoms. The second kappa shape index (κ2) is 6.94. The fourth-order valence-corrected chi connectivity index (χ4v) is 1.63. The predicted octanol–water partition coefficient (Wildman–Crippen LogP) is 0.199. The van der Waals surface area contributed by atoms with Crippen molar-refractivity contribution in [2.24, 2.45) is 10.9 Å². The summed E-state index contributed by atoms with van der Waals surface area (Å²) in [6, 6.07) is 6.71. The molecule has 2 rings (SSSR count). The van der Waals surface area contributed by atoms with Gasteiger partial charge in [0.2, 0.25) is 0 Å². The topological polar surface area (TPSA) is 126 Å². The highest BCUT2D eigenvalue weighted by Gasteiger charge is 2.09. The van der Waals surface area contributed by atoms with Gasteiger partial charge in [0.1, 0.15) is 11.6 Å². The van der Waals surface area contributed by atoms with E-state index in [0.29, 0.717) is 17.1 Å². The van der Waals surface area contributed by atoms with Gasteiger partial charge in [-0.25, -0.2) is 4.98 Å². The molecule has 1 amide bonds. The van der Waals surface area contributed by atoms with Crippen molar-refractivity contribution in [3.63, 3.8) is 0 Å². The Kier molecular flexibility index (Phi) is 4.75. The van der Waals surface area contributed by atoms with Gasteiger partial charge in [-0.05, 0) is 12.1 Å². The fraction of sp³-hybridized carbons (Fsp3) is 0.154. The van der Waals surface area contributed by atoms with Crippen LogP contribution in [0.1, 0.15) is 11.4 Å². The molecule has 21 heavy (non-hydrogen) atoms. The summed E-state index contributed by atoms with van der Waals surface area (Å²) in [7, 11) is 0. The van der Waals surface area contributed by atoms with E-state index in [-0.39, 0.29) is 24.9 Å². The Labute approximate surface area is 120 Å². The van der Waals surface area contributed by atoms with E-state index in [1.165, 1.54) is 0 Å². The molecule has 0 atom stereocenters. The summed E-state index contributed by atoms with van der Waals surface area (Å²) < 4.78 is 5.38. The molecule has 0 unspecified atom stereocenters. The molecule has 0 saturated heterocycles. The molecule has 0 aliphatic rings. The van der Waals surface area contributed by atoms with Crippen molar-refractivity contribution in [1.29, 1.82) is 0 Å². The number of imidazole rings is 1. The van der Waals surface area contributed by atoms with Crippen LogP contribution in [0, 0.1) is 0 Å². The maximum Gasteiger partial charge on any atom is 0.258 e. The summed E-state index contributed by atoms with van der Waals surface area (Å²) >= 11 is 0. The Hall–Kier alpha value is -3.03. The number of H-pyrrole nitrogens is 1. The van der Waals surface area contributed by atoms with E-state index >= 15 is 0 Å². The van der Waals surface area contributed by atoms with Crippen LogP contribution >= 0.6 is 0 Å². The molecule has 2 aromatic rings. The highest BCUT2D eigenvalue weighted by molar-refractivity contribution is 5.99. The van der Waals surface area contributed by atoms with Crippen LogP contribution in [-0.4, -0.2) is 33.5 Å². The van der Waals surface area contributed by atoms with Gasteiger partial charge in [-0.3, -0.25) is 4.79 Å². The lowest BCUT2D eigenvalue weighted by Crippen LogP contribution is -2.29. The summed E-state index contributed by atoms with van der Waals surface area (Å²) in [6.45, 7) is 0.105. The summed E-state index contributed by atoms with van der Waals surface area (Å²) in [5.41, 5.74) is 5.95. The van der Waals surface area contributed by atoms with Crippen molar-refractivity contribution >= 4 is 11.7 Å². The number of carbonyl (C=O) groups is 1. The molecule has 110 valence electrons. The summed E-state index contributed by atoms with van der Waals surface area (Å²) in [4.78, 5) is 18.5. The van der Waals surface area contributed by atoms with Crippen LogP contribution in [0.5, 0.6) is 5.75 Å². The molecule has 0 aliphatic carbocycles. The molecule has 1 heterocycles. The Bertz CT molecular complexity index is 624. The first-order chi connectivity index (χ1) is 10.2. The number of nitrogens with zero attached hydrogens (tertiary/aromatic N) is 2. The van der Waals surface area contributed by atoms with Crippen molar-refractivity contribution in [2.75, 3.05) is 6.61 Å². The van der Waals surface area contributed by atoms with Gasteiger partial charge < -0.3 is 26.0 Å². The van der Waals surface area contributed by atoms with Gasteiger partial charge >= 0.3 is 0 Å². The van der Waals surface area contributed by atoms with Crippen molar-refractivity contribution < 1.29 is 14.7 Å². The molecule has 8 nitrogen and oxygen atoms in total. The number of amides is 1. The number of ether oxygens (including phenoxy) is 1. The highest BCUT2D eigenvalue weighted by Crippen LogP contribution is 2.17. The lowest BCUT2D eigenvalue weighted by Gasteiger charge is -2.10. The number of hydrogen-bond acceptors (Lipinski definition) is 5. The zero-order valence-corrected chi connectivity index (χ0v) is 11.1. The molecule has 0 spiro atoms. The molecule has 0 bridgehead atoms. The van der Waals surface area contributed by atoms with E-state index in [4.69, 9.17) is 15.7 Å². The molecule has 0 radical (unpaired) electrons. The molecular formula is C13H15N5O3. The van der Waals surface area contributed by atoms with E-state index < -0.39 is 0 Å². The third-order valence-electron chi connectivity index (χ3n) is 2.64. The average molecular weight is 289 g/mol. The zero-order valence-electron chi connectivity index (χ0n) is 11.1. The second-order valence-electron chi connectivity index (χ2n) is 4.08. The SMILES string of the molecule is NC(=NO)c1ccccc1OCC(=O)NCc1ncc[nH]1. The fourth-order valence-electron chi connectivity index (χ4n) is 1.63. The smallest absolute Gasteiger partial charge is 0.258 e. The van der Waals surface area contributed by atoms with Gasteiger partial charge in [0, 0.05) is 12.4 Å². The van der Waals surface area contributed by atoms with Crippen LogP contribution in [0.3, 0.4) is 0 Å². The van der Waals surface area contributed by atoms with E-state index in [0.717, 1.165) is 0 Å². The van der Waals surface area contributed by atoms with Gasteiger partial charge in [-0.15, -0.1) is 0 Å². The number of oxime groups is 1. The van der Waals surface area contributed by atoms with E-state index in [1.807, 2.05) is 0 Å². The van der Waals surface area contributed by atoms with Gasteiger partial charge in [0.25, 0.3) is 5.91 Å². The Morgan fingerprint density at radius 3 is 3.00 bits per heavy atom. The molecule has 1 aromatic carbocycles. The number of nitrogens with one attached hydrogen (secondary N) is 2. The standard InChI is InChI=1S/C13H15N5O3/c14-13(18-20)9-3-1-2-4-10(9)21-8-12(19)17-7-11-15-5-6-16-11/h1-6,20H,7-8H2,(H2,14,18)(H,15,16)(H,17,19). The van der Waals surface area contributed by atoms with Gasteiger partial charge in [0.05, 0.1) is 12.1 Å². The Morgan fingerprint density at radius 1 is 1.48 bits per heavy atom. The largest absolute Gasteiger partial charge is 0.483 e. The lowest BCUT2D eigenvalue weighted by molar-refractivity contribution is -0.123. The lowest BCUT2D eigenvalue weighted by atomic mass is 10.2. The van der Waals surface area contributed by atoms with Crippen LogP contribution in [0.25, 0.3) is 0 Å². The number of aromatic nitrogens is 2. The van der Waals surface area contributed by atoms with Crippen LogP contribution < -0.4 is 15.8 Å². The third-order valence-corrected chi connectivity index (χ3v) is 2.64. The second-order valence-corrected chi connectivity index (χ2v) is 4.08. The number of hydrogen-bond donors (Lipinski definition) is 4. The first-order valence-corrected chi connectivity index (χ1v) is 6.15. The first-order valence-electron chi connectivity index (χ1n) is 6.15. The van der Waals surface area contributed by atoms with Gasteiger partial charge in [0.15, 0.2) is 12.4 Å². The maximum atomic E-state index is 11.7. The minimum Gasteiger partial charge on any atom is -0.483 e. The minimum absolute atomic E-state index is 0.0819. The van der Waals surface area contributed by atoms with Crippen molar-refractivity contribution in [1.82, 2.24) is 15.3 Å². The predicted molar refractivity (Wildman–Crippen MR) is 74.9 cm³/mol. The molecule has 0 aliphatic heterocycles. The van der Waals surface area contributed by atoms with E-state index in [1.54, 1.807) is 36.7 Å². The van der Waals surface area contributed by atoms with E-state index in [9.17, 15) is 4.79 Å². The minimum atomic E-state index is -0.305. The van der Waals surface area contributed by atoms with Crippen molar-refractivity contribution in [3.05, 3.63) is 48.0 Å². The van der Waals surface area contributed by atoms with Crippen LogP contribution in [-0.2, 0) is 11.3 Å². The summed E-state index contributed by atoms with van der Waals surface area (Å²) in [5.74, 6) is 0.628. The molecule has 0 saturated carbocycles. The Balaban J connectivity index is 1.89. The number of benzene rings is 1. The number of aromatic amines is 1. The highest BCUT2D eigenvalue weighted by atomic mass is 16.5. The number of amidine groups is 1. The number of rotatable bonds is 6. The summed E-state index contributed by atoms with van der Waals surface area (Å²) in [6.07, 6.45) is 3.27. The number of para-hydroxylation sites is 1. The molecule has 0 fully saturated rings. The molecular weight excluding hydrogens is 274 g/mol. The monoisotopic (exact) mass is 289 g/mol. The van der Waals surface area contributed by atoms with Crippen LogP contribution in [0.2, 0.25) is 0 Å². The Morgan fingerprint density at radius 2 is 2.29 bits per heavy atom. The first kappa shape index (κ1) is 14.4. The molecule has 5 N–H and O–H groups in total. The normalized spacial score (nSPS) is 11.1. The quantitative estimate of drug-likeness (QED) is 0.261.